The highest BCUT2D eigenvalue weighted by Crippen LogP contribution is 2.43. The van der Waals surface area contributed by atoms with Crippen LogP contribution in [0.25, 0.3) is 0 Å². The number of carbonyl (C=O) groups is 2. The third-order valence-electron chi connectivity index (χ3n) is 4.57. The molecule has 0 bridgehead atoms. The number of halogens is 1. The first kappa shape index (κ1) is 18.5. The van der Waals surface area contributed by atoms with Crippen molar-refractivity contribution in [3.63, 3.8) is 0 Å². The molecule has 144 valence electrons. The number of hydrogen-bond donors (Lipinski definition) is 3. The van der Waals surface area contributed by atoms with Crippen LogP contribution in [0.2, 0.25) is 5.02 Å². The maximum absolute atomic E-state index is 13.2. The summed E-state index contributed by atoms with van der Waals surface area (Å²) in [6, 6.07) is 11.0. The first-order valence-electron chi connectivity index (χ1n) is 8.28. The van der Waals surface area contributed by atoms with Crippen molar-refractivity contribution in [2.24, 2.45) is 0 Å². The van der Waals surface area contributed by atoms with E-state index in [1.807, 2.05) is 0 Å². The number of aromatic hydroxyl groups is 2. The van der Waals surface area contributed by atoms with E-state index in [9.17, 15) is 29.9 Å². The van der Waals surface area contributed by atoms with Crippen LogP contribution in [0.1, 0.15) is 31.8 Å². The predicted molar refractivity (Wildman–Crippen MR) is 104 cm³/mol. The smallest absolute Gasteiger partial charge is 0.281 e. The topological polar surface area (TPSA) is 130 Å². The molecule has 4 rings (SSSR count). The molecule has 3 aromatic rings. The zero-order valence-electron chi connectivity index (χ0n) is 14.5. The largest absolute Gasteiger partial charge is 0.507 e. The molecule has 3 N–H and O–H groups in total. The number of ketones is 2. The summed E-state index contributed by atoms with van der Waals surface area (Å²) in [4.78, 5) is 36.8. The fourth-order valence-electron chi connectivity index (χ4n) is 3.29. The molecule has 1 aliphatic rings. The number of nitro benzene ring substituents is 1. The van der Waals surface area contributed by atoms with E-state index in [1.54, 1.807) is 24.3 Å². The van der Waals surface area contributed by atoms with Gasteiger partial charge in [0.2, 0.25) is 11.6 Å². The molecule has 0 radical (unpaired) electrons. The molecule has 0 aliphatic heterocycles. The Kier molecular flexibility index (Phi) is 4.20. The number of nitro groups is 1. The van der Waals surface area contributed by atoms with Crippen molar-refractivity contribution in [3.05, 3.63) is 85.9 Å². The van der Waals surface area contributed by atoms with E-state index < -0.39 is 44.8 Å². The normalized spacial score (nSPS) is 12.3. The molecule has 29 heavy (non-hydrogen) atoms. The van der Waals surface area contributed by atoms with Crippen molar-refractivity contribution >= 4 is 40.2 Å². The monoisotopic (exact) mass is 410 g/mol. The predicted octanol–water partition coefficient (Wildman–Crippen LogP) is 4.18. The number of rotatable bonds is 3. The molecule has 1 aliphatic carbocycles. The molecule has 0 unspecified atom stereocenters. The van der Waals surface area contributed by atoms with Gasteiger partial charge in [-0.3, -0.25) is 19.7 Å². The van der Waals surface area contributed by atoms with E-state index in [-0.39, 0.29) is 16.8 Å². The molecule has 0 spiro atoms. The zero-order valence-corrected chi connectivity index (χ0v) is 15.2. The Morgan fingerprint density at radius 2 is 1.34 bits per heavy atom. The van der Waals surface area contributed by atoms with Gasteiger partial charge in [-0.1, -0.05) is 11.6 Å². The van der Waals surface area contributed by atoms with Gasteiger partial charge in [-0.15, -0.1) is 0 Å². The van der Waals surface area contributed by atoms with Gasteiger partial charge in [0, 0.05) is 16.8 Å². The fourth-order valence-corrected chi connectivity index (χ4v) is 3.42. The Morgan fingerprint density at radius 3 is 1.97 bits per heavy atom. The highest BCUT2D eigenvalue weighted by atomic mass is 35.5. The van der Waals surface area contributed by atoms with Crippen LogP contribution in [0.15, 0.2) is 48.5 Å². The SMILES string of the molecule is O=C1c2c(O)ccc(Nc3ccc(Cl)cc3)c2C(=O)c2c([N+](=O)[O-])ccc(O)c21. The lowest BCUT2D eigenvalue weighted by atomic mass is 9.81. The van der Waals surface area contributed by atoms with Gasteiger partial charge in [-0.05, 0) is 42.5 Å². The van der Waals surface area contributed by atoms with Crippen LogP contribution in [0, 0.1) is 10.1 Å². The van der Waals surface area contributed by atoms with Crippen LogP contribution in [0.4, 0.5) is 17.1 Å². The highest BCUT2D eigenvalue weighted by Gasteiger charge is 2.40. The molecule has 0 saturated heterocycles. The van der Waals surface area contributed by atoms with Gasteiger partial charge in [-0.25, -0.2) is 0 Å². The van der Waals surface area contributed by atoms with Crippen LogP contribution in [0.3, 0.4) is 0 Å². The molecular formula is C20H11ClN2O6. The molecule has 9 heteroatoms. The Bertz CT molecular complexity index is 1220. The number of phenolic OH excluding ortho intramolecular Hbond substituents is 2. The molecule has 0 amide bonds. The first-order valence-corrected chi connectivity index (χ1v) is 8.65. The molecule has 8 nitrogen and oxygen atoms in total. The van der Waals surface area contributed by atoms with Gasteiger partial charge >= 0.3 is 0 Å². The van der Waals surface area contributed by atoms with Crippen molar-refractivity contribution in [2.45, 2.75) is 0 Å². The van der Waals surface area contributed by atoms with E-state index in [2.05, 4.69) is 5.32 Å². The van der Waals surface area contributed by atoms with E-state index in [4.69, 9.17) is 11.6 Å². The van der Waals surface area contributed by atoms with E-state index in [0.29, 0.717) is 10.7 Å². The maximum Gasteiger partial charge on any atom is 0.281 e. The van der Waals surface area contributed by atoms with Crippen LogP contribution in [-0.2, 0) is 0 Å². The summed E-state index contributed by atoms with van der Waals surface area (Å²) in [5, 5.41) is 35.2. The molecule has 0 saturated carbocycles. The Balaban J connectivity index is 1.96. The van der Waals surface area contributed by atoms with E-state index in [0.717, 1.165) is 12.1 Å². The van der Waals surface area contributed by atoms with Crippen LogP contribution < -0.4 is 5.32 Å². The van der Waals surface area contributed by atoms with Gasteiger partial charge in [0.15, 0.2) is 0 Å². The fraction of sp³-hybridized carbons (Fsp3) is 0. The summed E-state index contributed by atoms with van der Waals surface area (Å²) in [5.41, 5.74) is -1.47. The number of nitrogens with one attached hydrogen (secondary N) is 1. The molecule has 0 fully saturated rings. The van der Waals surface area contributed by atoms with Gasteiger partial charge < -0.3 is 15.5 Å². The number of phenols is 2. The Morgan fingerprint density at radius 1 is 0.793 bits per heavy atom. The molecule has 0 aromatic heterocycles. The lowest BCUT2D eigenvalue weighted by Crippen LogP contribution is -2.23. The van der Waals surface area contributed by atoms with Gasteiger partial charge in [-0.2, -0.15) is 0 Å². The van der Waals surface area contributed by atoms with Gasteiger partial charge in [0.25, 0.3) is 5.69 Å². The van der Waals surface area contributed by atoms with Gasteiger partial charge in [0.05, 0.1) is 27.3 Å². The zero-order chi connectivity index (χ0) is 20.9. The lowest BCUT2D eigenvalue weighted by Gasteiger charge is -2.22. The van der Waals surface area contributed by atoms with E-state index >= 15 is 0 Å². The number of carbonyl (C=O) groups excluding carboxylic acids is 2. The minimum atomic E-state index is -0.881. The number of nitrogens with zero attached hydrogens (tertiary/aromatic N) is 1. The van der Waals surface area contributed by atoms with Crippen molar-refractivity contribution < 1.29 is 24.7 Å². The Labute approximate surface area is 168 Å². The quantitative estimate of drug-likeness (QED) is 0.262. The summed E-state index contributed by atoms with van der Waals surface area (Å²) in [6.45, 7) is 0. The number of benzene rings is 3. The molecule has 3 aromatic carbocycles. The number of fused-ring (bicyclic) bond motifs is 2. The van der Waals surface area contributed by atoms with Crippen molar-refractivity contribution in [2.75, 3.05) is 5.32 Å². The van der Waals surface area contributed by atoms with E-state index in [1.165, 1.54) is 12.1 Å². The molecule has 0 heterocycles. The standard InChI is InChI=1S/C20H11ClN2O6/c21-9-1-3-10(4-2-9)22-11-5-7-13(24)17-15(11)19(26)16-12(23(28)29)6-8-14(25)18(16)20(17)27/h1-8,22,24-25H. The van der Waals surface area contributed by atoms with Crippen molar-refractivity contribution in [1.82, 2.24) is 0 Å². The average Bonchev–Trinajstić information content (AvgIpc) is 2.68. The summed E-state index contributed by atoms with van der Waals surface area (Å²) < 4.78 is 0. The molecule has 0 atom stereocenters. The average molecular weight is 411 g/mol. The second-order valence-electron chi connectivity index (χ2n) is 6.28. The second-order valence-corrected chi connectivity index (χ2v) is 6.72. The minimum Gasteiger partial charge on any atom is -0.507 e. The summed E-state index contributed by atoms with van der Waals surface area (Å²) in [6.07, 6.45) is 0. The summed E-state index contributed by atoms with van der Waals surface area (Å²) >= 11 is 5.86. The maximum atomic E-state index is 13.2. The van der Waals surface area contributed by atoms with Crippen LogP contribution in [-0.4, -0.2) is 26.7 Å². The third-order valence-corrected chi connectivity index (χ3v) is 4.82. The molecular weight excluding hydrogens is 400 g/mol. The van der Waals surface area contributed by atoms with Crippen molar-refractivity contribution in [1.29, 1.82) is 0 Å². The first-order chi connectivity index (χ1) is 13.8. The summed E-state index contributed by atoms with van der Waals surface area (Å²) in [7, 11) is 0. The van der Waals surface area contributed by atoms with Gasteiger partial charge in [0.1, 0.15) is 17.1 Å². The van der Waals surface area contributed by atoms with Crippen molar-refractivity contribution in [3.8, 4) is 11.5 Å². The number of hydrogen-bond acceptors (Lipinski definition) is 7. The Hall–Kier alpha value is -3.91. The van der Waals surface area contributed by atoms with Crippen LogP contribution in [0.5, 0.6) is 11.5 Å². The highest BCUT2D eigenvalue weighted by molar-refractivity contribution is 6.33. The summed E-state index contributed by atoms with van der Waals surface area (Å²) in [5.74, 6) is -2.79. The lowest BCUT2D eigenvalue weighted by molar-refractivity contribution is -0.385. The number of anilines is 2. The third kappa shape index (κ3) is 2.86. The van der Waals surface area contributed by atoms with Crippen LogP contribution >= 0.6 is 11.6 Å². The second kappa shape index (κ2) is 6.61. The minimum absolute atomic E-state index is 0.168.